The number of rotatable bonds is 3. The molecule has 1 aliphatic heterocycles. The predicted octanol–water partition coefficient (Wildman–Crippen LogP) is -1.30. The first-order valence-corrected chi connectivity index (χ1v) is 3.52. The van der Waals surface area contributed by atoms with Gasteiger partial charge in [-0.3, -0.25) is 4.79 Å². The highest BCUT2D eigenvalue weighted by molar-refractivity contribution is 5.79. The average molecular weight is 180 g/mol. The van der Waals surface area contributed by atoms with Crippen LogP contribution in [-0.4, -0.2) is 42.7 Å². The van der Waals surface area contributed by atoms with Gasteiger partial charge in [0.2, 0.25) is 0 Å². The molecule has 1 saturated heterocycles. The Morgan fingerprint density at radius 2 is 2.25 bits per heavy atom. The Kier molecular flexibility index (Phi) is 2.58. The van der Waals surface area contributed by atoms with Crippen molar-refractivity contribution in [3.63, 3.8) is 0 Å². The van der Waals surface area contributed by atoms with Gasteiger partial charge in [-0.15, -0.1) is 0 Å². The number of amides is 1. The van der Waals surface area contributed by atoms with Gasteiger partial charge >= 0.3 is 6.43 Å². The standard InChI is InChI=1S/C6H10F2N2O2/c7-4(8)5(11)10-3-6(12)1-9-2-6/h4,9,12H,1-3H2,(H,10,11). The van der Waals surface area contributed by atoms with Crippen LogP contribution in [0.3, 0.4) is 0 Å². The van der Waals surface area contributed by atoms with E-state index in [1.165, 1.54) is 0 Å². The number of alkyl halides is 2. The highest BCUT2D eigenvalue weighted by Gasteiger charge is 2.35. The van der Waals surface area contributed by atoms with E-state index in [1.807, 2.05) is 5.32 Å². The number of carbonyl (C=O) groups is 1. The van der Waals surface area contributed by atoms with Crippen molar-refractivity contribution in [1.82, 2.24) is 10.6 Å². The van der Waals surface area contributed by atoms with Crippen LogP contribution in [0.4, 0.5) is 8.78 Å². The van der Waals surface area contributed by atoms with Crippen LogP contribution in [0, 0.1) is 0 Å². The van der Waals surface area contributed by atoms with Gasteiger partial charge in [-0.25, -0.2) is 0 Å². The minimum atomic E-state index is -3.01. The molecule has 0 saturated carbocycles. The number of hydrogen-bond acceptors (Lipinski definition) is 3. The van der Waals surface area contributed by atoms with Crippen molar-refractivity contribution in [2.75, 3.05) is 19.6 Å². The first-order valence-electron chi connectivity index (χ1n) is 3.52. The molecule has 1 amide bonds. The molecule has 0 aromatic carbocycles. The van der Waals surface area contributed by atoms with Crippen molar-refractivity contribution < 1.29 is 18.7 Å². The summed E-state index contributed by atoms with van der Waals surface area (Å²) in [6.45, 7) is 0.538. The summed E-state index contributed by atoms with van der Waals surface area (Å²) >= 11 is 0. The van der Waals surface area contributed by atoms with E-state index < -0.39 is 17.9 Å². The maximum absolute atomic E-state index is 11.6. The summed E-state index contributed by atoms with van der Waals surface area (Å²) in [5, 5.41) is 14.0. The van der Waals surface area contributed by atoms with E-state index in [2.05, 4.69) is 5.32 Å². The first kappa shape index (κ1) is 9.34. The molecule has 4 nitrogen and oxygen atoms in total. The van der Waals surface area contributed by atoms with Crippen molar-refractivity contribution in [3.05, 3.63) is 0 Å². The molecule has 1 heterocycles. The number of carbonyl (C=O) groups excluding carboxylic acids is 1. The number of β-amino-alcohol motifs (C(OH)–C–C–N with tert-alkyl or cyclic N) is 1. The molecule has 1 rings (SSSR count). The van der Waals surface area contributed by atoms with Crippen molar-refractivity contribution in [2.24, 2.45) is 0 Å². The number of hydrogen-bond donors (Lipinski definition) is 3. The van der Waals surface area contributed by atoms with Crippen LogP contribution in [0.2, 0.25) is 0 Å². The van der Waals surface area contributed by atoms with Crippen LogP contribution < -0.4 is 10.6 Å². The second kappa shape index (κ2) is 3.32. The summed E-state index contributed by atoms with van der Waals surface area (Å²) < 4.78 is 23.2. The van der Waals surface area contributed by atoms with Crippen LogP contribution in [0.25, 0.3) is 0 Å². The minimum absolute atomic E-state index is 0.122. The van der Waals surface area contributed by atoms with Crippen LogP contribution >= 0.6 is 0 Å². The van der Waals surface area contributed by atoms with Gasteiger partial charge in [0.15, 0.2) is 0 Å². The average Bonchev–Trinajstić information content (AvgIpc) is 1.96. The van der Waals surface area contributed by atoms with E-state index in [9.17, 15) is 18.7 Å². The van der Waals surface area contributed by atoms with E-state index in [0.29, 0.717) is 13.1 Å². The minimum Gasteiger partial charge on any atom is -0.385 e. The molecule has 0 bridgehead atoms. The van der Waals surface area contributed by atoms with Crippen LogP contribution in [0.5, 0.6) is 0 Å². The predicted molar refractivity (Wildman–Crippen MR) is 36.8 cm³/mol. The summed E-state index contributed by atoms with van der Waals surface area (Å²) in [5.41, 5.74) is -1.04. The molecular formula is C6H10F2N2O2. The molecule has 0 unspecified atom stereocenters. The van der Waals surface area contributed by atoms with Gasteiger partial charge in [-0.2, -0.15) is 8.78 Å². The van der Waals surface area contributed by atoms with Crippen molar-refractivity contribution in [2.45, 2.75) is 12.0 Å². The van der Waals surface area contributed by atoms with Gasteiger partial charge in [0, 0.05) is 19.6 Å². The Bertz CT molecular complexity index is 182. The third-order valence-electron chi connectivity index (χ3n) is 1.70. The van der Waals surface area contributed by atoms with E-state index in [-0.39, 0.29) is 6.54 Å². The maximum atomic E-state index is 11.6. The lowest BCUT2D eigenvalue weighted by molar-refractivity contribution is -0.133. The van der Waals surface area contributed by atoms with Gasteiger partial charge in [-0.05, 0) is 0 Å². The number of halogens is 2. The summed E-state index contributed by atoms with van der Waals surface area (Å²) in [4.78, 5) is 10.3. The summed E-state index contributed by atoms with van der Waals surface area (Å²) in [5.74, 6) is -1.34. The fraction of sp³-hybridized carbons (Fsp3) is 0.833. The quantitative estimate of drug-likeness (QED) is 0.506. The van der Waals surface area contributed by atoms with E-state index in [1.54, 1.807) is 0 Å². The normalized spacial score (nSPS) is 20.3. The molecule has 1 aliphatic rings. The molecule has 0 aromatic rings. The van der Waals surface area contributed by atoms with Gasteiger partial charge in [0.05, 0.1) is 0 Å². The third-order valence-corrected chi connectivity index (χ3v) is 1.70. The molecular weight excluding hydrogens is 170 g/mol. The first-order chi connectivity index (χ1) is 5.53. The molecule has 0 radical (unpaired) electrons. The Balaban J connectivity index is 2.21. The SMILES string of the molecule is O=C(NCC1(O)CNC1)C(F)F. The van der Waals surface area contributed by atoms with Crippen LogP contribution in [0.1, 0.15) is 0 Å². The Hall–Kier alpha value is -0.750. The Morgan fingerprint density at radius 1 is 1.67 bits per heavy atom. The molecule has 0 spiro atoms. The van der Waals surface area contributed by atoms with E-state index in [0.717, 1.165) is 0 Å². The topological polar surface area (TPSA) is 61.4 Å². The summed E-state index contributed by atoms with van der Waals surface area (Å²) in [6.07, 6.45) is -3.01. The number of aliphatic hydroxyl groups is 1. The van der Waals surface area contributed by atoms with Crippen molar-refractivity contribution in [3.8, 4) is 0 Å². The maximum Gasteiger partial charge on any atom is 0.315 e. The lowest BCUT2D eigenvalue weighted by Crippen LogP contribution is -2.64. The van der Waals surface area contributed by atoms with Gasteiger partial charge in [0.25, 0.3) is 5.91 Å². The molecule has 6 heteroatoms. The molecule has 0 aromatic heterocycles. The smallest absolute Gasteiger partial charge is 0.315 e. The third kappa shape index (κ3) is 2.12. The summed E-state index contributed by atoms with van der Waals surface area (Å²) in [7, 11) is 0. The van der Waals surface area contributed by atoms with Crippen LogP contribution in [0.15, 0.2) is 0 Å². The van der Waals surface area contributed by atoms with Gasteiger partial charge in [0.1, 0.15) is 5.60 Å². The molecule has 0 atom stereocenters. The van der Waals surface area contributed by atoms with Crippen LogP contribution in [-0.2, 0) is 4.79 Å². The zero-order chi connectivity index (χ0) is 9.19. The molecule has 1 fully saturated rings. The largest absolute Gasteiger partial charge is 0.385 e. The number of nitrogens with one attached hydrogen (secondary N) is 2. The fourth-order valence-electron chi connectivity index (χ4n) is 0.867. The molecule has 12 heavy (non-hydrogen) atoms. The van der Waals surface area contributed by atoms with Crippen molar-refractivity contribution in [1.29, 1.82) is 0 Å². The van der Waals surface area contributed by atoms with Crippen molar-refractivity contribution >= 4 is 5.91 Å². The monoisotopic (exact) mass is 180 g/mol. The van der Waals surface area contributed by atoms with E-state index >= 15 is 0 Å². The zero-order valence-corrected chi connectivity index (χ0v) is 6.31. The zero-order valence-electron chi connectivity index (χ0n) is 6.31. The Morgan fingerprint density at radius 3 is 2.58 bits per heavy atom. The van der Waals surface area contributed by atoms with Gasteiger partial charge < -0.3 is 15.7 Å². The second-order valence-corrected chi connectivity index (χ2v) is 2.85. The second-order valence-electron chi connectivity index (χ2n) is 2.85. The molecule has 0 aliphatic carbocycles. The summed E-state index contributed by atoms with van der Waals surface area (Å²) in [6, 6.07) is 0. The lowest BCUT2D eigenvalue weighted by atomic mass is 9.97. The van der Waals surface area contributed by atoms with Gasteiger partial charge in [-0.1, -0.05) is 0 Å². The molecule has 3 N–H and O–H groups in total. The fourth-order valence-corrected chi connectivity index (χ4v) is 0.867. The lowest BCUT2D eigenvalue weighted by Gasteiger charge is -2.37. The molecule has 70 valence electrons. The highest BCUT2D eigenvalue weighted by atomic mass is 19.3. The highest BCUT2D eigenvalue weighted by Crippen LogP contribution is 2.08. The Labute approximate surface area is 67.9 Å². The van der Waals surface area contributed by atoms with E-state index in [4.69, 9.17) is 0 Å².